The Bertz CT molecular complexity index is 1060. The Labute approximate surface area is 199 Å². The van der Waals surface area contributed by atoms with E-state index in [4.69, 9.17) is 4.74 Å². The van der Waals surface area contributed by atoms with Crippen LogP contribution in [0.15, 0.2) is 47.4 Å². The van der Waals surface area contributed by atoms with Gasteiger partial charge in [0.15, 0.2) is 11.5 Å². The van der Waals surface area contributed by atoms with E-state index in [1.807, 2.05) is 0 Å². The number of carbonyl (C=O) groups is 1. The van der Waals surface area contributed by atoms with E-state index >= 15 is 0 Å². The van der Waals surface area contributed by atoms with Gasteiger partial charge in [0.25, 0.3) is 0 Å². The molecule has 0 aromatic heterocycles. The lowest BCUT2D eigenvalue weighted by Gasteiger charge is -2.25. The van der Waals surface area contributed by atoms with Crippen LogP contribution in [0, 0.1) is 0 Å². The van der Waals surface area contributed by atoms with Gasteiger partial charge in [-0.3, -0.25) is 4.79 Å². The van der Waals surface area contributed by atoms with Crippen molar-refractivity contribution in [1.82, 2.24) is 9.62 Å². The minimum atomic E-state index is -3.47. The molecule has 3 rings (SSSR count). The topological polar surface area (TPSA) is 84.9 Å². The number of benzene rings is 2. The van der Waals surface area contributed by atoms with Gasteiger partial charge in [-0.05, 0) is 61.1 Å². The number of nitrogens with one attached hydrogen (secondary N) is 1. The highest BCUT2D eigenvalue weighted by atomic mass is 32.2. The summed E-state index contributed by atoms with van der Waals surface area (Å²) in [6.45, 7) is -1.50. The number of nitrogens with zero attached hydrogens (tertiary/aromatic N) is 1. The van der Waals surface area contributed by atoms with Crippen LogP contribution in [0.5, 0.6) is 11.5 Å². The molecule has 186 valence electrons. The summed E-state index contributed by atoms with van der Waals surface area (Å²) >= 11 is 0. The number of aryl methyl sites for hydroxylation is 1. The van der Waals surface area contributed by atoms with Crippen molar-refractivity contribution < 1.29 is 31.5 Å². The lowest BCUT2D eigenvalue weighted by molar-refractivity contribution is -0.121. The highest BCUT2D eigenvalue weighted by Gasteiger charge is 2.25. The van der Waals surface area contributed by atoms with E-state index < -0.39 is 16.6 Å². The van der Waals surface area contributed by atoms with E-state index in [9.17, 15) is 22.0 Å². The van der Waals surface area contributed by atoms with Gasteiger partial charge in [-0.25, -0.2) is 8.42 Å². The second-order valence-electron chi connectivity index (χ2n) is 8.07. The van der Waals surface area contributed by atoms with Gasteiger partial charge in [-0.15, -0.1) is 0 Å². The maximum atomic E-state index is 12.7. The van der Waals surface area contributed by atoms with Crippen LogP contribution >= 0.6 is 0 Å². The number of hydrogen-bond acceptors (Lipinski definition) is 5. The van der Waals surface area contributed by atoms with Crippen LogP contribution in [0.25, 0.3) is 0 Å². The Hall–Kier alpha value is -2.72. The molecule has 1 N–H and O–H groups in total. The average Bonchev–Trinajstić information content (AvgIpc) is 2.83. The van der Waals surface area contributed by atoms with Crippen molar-refractivity contribution in [2.75, 3.05) is 26.7 Å². The molecule has 0 unspecified atom stereocenters. The molecule has 1 saturated heterocycles. The standard InChI is InChI=1S/C24H30F2N2O5S/c1-32-21-11-7-19(17-22(21)33-24(25)26)13-14-27-23(29)12-8-18-5-9-20(10-6-18)34(30,31)28-15-3-2-4-16-28/h5-7,9-11,17,24H,2-4,8,12-16H2,1H3,(H,27,29). The molecule has 1 amide bonds. The van der Waals surface area contributed by atoms with E-state index in [0.717, 1.165) is 30.4 Å². The Morgan fingerprint density at radius 2 is 1.68 bits per heavy atom. The number of piperidine rings is 1. The van der Waals surface area contributed by atoms with E-state index in [-0.39, 0.29) is 28.7 Å². The van der Waals surface area contributed by atoms with Crippen LogP contribution in [0.2, 0.25) is 0 Å². The minimum Gasteiger partial charge on any atom is -0.493 e. The summed E-state index contributed by atoms with van der Waals surface area (Å²) in [5.74, 6) is 0.0116. The average molecular weight is 497 g/mol. The number of sulfonamides is 1. The quantitative estimate of drug-likeness (QED) is 0.512. The largest absolute Gasteiger partial charge is 0.493 e. The van der Waals surface area contributed by atoms with Crippen LogP contribution in [0.4, 0.5) is 8.78 Å². The minimum absolute atomic E-state index is 0.0490. The molecule has 0 atom stereocenters. The first-order chi connectivity index (χ1) is 16.3. The predicted molar refractivity (Wildman–Crippen MR) is 124 cm³/mol. The fraction of sp³-hybridized carbons (Fsp3) is 0.458. The second kappa shape index (κ2) is 12.1. The van der Waals surface area contributed by atoms with Crippen molar-refractivity contribution in [3.63, 3.8) is 0 Å². The maximum absolute atomic E-state index is 12.7. The molecule has 1 fully saturated rings. The zero-order valence-corrected chi connectivity index (χ0v) is 20.0. The van der Waals surface area contributed by atoms with Gasteiger partial charge in [0, 0.05) is 26.1 Å². The van der Waals surface area contributed by atoms with Gasteiger partial charge in [0.2, 0.25) is 15.9 Å². The number of carbonyl (C=O) groups excluding carboxylic acids is 1. The number of rotatable bonds is 11. The first kappa shape index (κ1) is 25.9. The van der Waals surface area contributed by atoms with Crippen LogP contribution in [-0.4, -0.2) is 52.0 Å². The molecule has 2 aromatic carbocycles. The van der Waals surface area contributed by atoms with Crippen molar-refractivity contribution in [3.05, 3.63) is 53.6 Å². The molecule has 0 radical (unpaired) electrons. The van der Waals surface area contributed by atoms with Crippen LogP contribution < -0.4 is 14.8 Å². The van der Waals surface area contributed by atoms with Gasteiger partial charge >= 0.3 is 6.61 Å². The summed E-state index contributed by atoms with van der Waals surface area (Å²) in [6, 6.07) is 11.4. The SMILES string of the molecule is COc1ccc(CCNC(=O)CCc2ccc(S(=O)(=O)N3CCCCC3)cc2)cc1OC(F)F. The third-order valence-electron chi connectivity index (χ3n) is 5.70. The maximum Gasteiger partial charge on any atom is 0.387 e. The molecule has 7 nitrogen and oxygen atoms in total. The second-order valence-corrected chi connectivity index (χ2v) is 10.0. The number of halogens is 2. The molecular weight excluding hydrogens is 466 g/mol. The summed E-state index contributed by atoms with van der Waals surface area (Å²) < 4.78 is 61.6. The smallest absolute Gasteiger partial charge is 0.387 e. The lowest BCUT2D eigenvalue weighted by atomic mass is 10.1. The van der Waals surface area contributed by atoms with Crippen molar-refractivity contribution >= 4 is 15.9 Å². The van der Waals surface area contributed by atoms with Gasteiger partial charge < -0.3 is 14.8 Å². The summed E-state index contributed by atoms with van der Waals surface area (Å²) in [6.07, 6.45) is 4.00. The first-order valence-corrected chi connectivity index (χ1v) is 12.7. The van der Waals surface area contributed by atoms with E-state index in [0.29, 0.717) is 32.5 Å². The van der Waals surface area contributed by atoms with Crippen molar-refractivity contribution in [1.29, 1.82) is 0 Å². The van der Waals surface area contributed by atoms with E-state index in [1.165, 1.54) is 17.5 Å². The van der Waals surface area contributed by atoms with Crippen molar-refractivity contribution in [2.45, 2.75) is 50.0 Å². The van der Waals surface area contributed by atoms with E-state index in [1.54, 1.807) is 36.4 Å². The number of ether oxygens (including phenoxy) is 2. The number of methoxy groups -OCH3 is 1. The predicted octanol–water partition coefficient (Wildman–Crippen LogP) is 3.76. The Balaban J connectivity index is 1.45. The van der Waals surface area contributed by atoms with Crippen LogP contribution in [-0.2, 0) is 27.7 Å². The third kappa shape index (κ3) is 7.14. The zero-order valence-electron chi connectivity index (χ0n) is 19.1. The normalized spacial score (nSPS) is 14.7. The Morgan fingerprint density at radius 1 is 1.00 bits per heavy atom. The molecule has 1 aliphatic rings. The monoisotopic (exact) mass is 496 g/mol. The number of alkyl halides is 2. The molecule has 2 aromatic rings. The molecule has 0 aliphatic carbocycles. The molecule has 0 saturated carbocycles. The Morgan fingerprint density at radius 3 is 2.32 bits per heavy atom. The zero-order chi connectivity index (χ0) is 24.6. The molecular formula is C24H30F2N2O5S. The van der Waals surface area contributed by atoms with Gasteiger partial charge in [-0.1, -0.05) is 24.6 Å². The van der Waals surface area contributed by atoms with Crippen LogP contribution in [0.3, 0.4) is 0 Å². The van der Waals surface area contributed by atoms with Crippen LogP contribution in [0.1, 0.15) is 36.8 Å². The molecule has 1 heterocycles. The molecule has 0 bridgehead atoms. The number of hydrogen-bond donors (Lipinski definition) is 1. The van der Waals surface area contributed by atoms with Crippen molar-refractivity contribution in [3.8, 4) is 11.5 Å². The summed E-state index contributed by atoms with van der Waals surface area (Å²) in [5.41, 5.74) is 1.60. The Kier molecular flexibility index (Phi) is 9.23. The summed E-state index contributed by atoms with van der Waals surface area (Å²) in [5, 5.41) is 2.81. The lowest BCUT2D eigenvalue weighted by Crippen LogP contribution is -2.35. The molecule has 10 heteroatoms. The molecule has 0 spiro atoms. The highest BCUT2D eigenvalue weighted by molar-refractivity contribution is 7.89. The molecule has 1 aliphatic heterocycles. The fourth-order valence-corrected chi connectivity index (χ4v) is 5.36. The highest BCUT2D eigenvalue weighted by Crippen LogP contribution is 2.29. The van der Waals surface area contributed by atoms with Crippen molar-refractivity contribution in [2.24, 2.45) is 0 Å². The van der Waals surface area contributed by atoms with E-state index in [2.05, 4.69) is 10.1 Å². The number of amides is 1. The van der Waals surface area contributed by atoms with Gasteiger partial charge in [0.1, 0.15) is 0 Å². The fourth-order valence-electron chi connectivity index (χ4n) is 3.84. The van der Waals surface area contributed by atoms with Gasteiger partial charge in [0.05, 0.1) is 12.0 Å². The molecule has 34 heavy (non-hydrogen) atoms. The third-order valence-corrected chi connectivity index (χ3v) is 7.61. The van der Waals surface area contributed by atoms with Gasteiger partial charge in [-0.2, -0.15) is 13.1 Å². The summed E-state index contributed by atoms with van der Waals surface area (Å²) in [7, 11) is -2.10. The summed E-state index contributed by atoms with van der Waals surface area (Å²) in [4.78, 5) is 12.5. The first-order valence-electron chi connectivity index (χ1n) is 11.3.